The van der Waals surface area contributed by atoms with E-state index < -0.39 is 12.0 Å². The highest BCUT2D eigenvalue weighted by atomic mass is 16.4. The van der Waals surface area contributed by atoms with Crippen molar-refractivity contribution >= 4 is 11.7 Å². The van der Waals surface area contributed by atoms with Crippen molar-refractivity contribution in [3.8, 4) is 0 Å². The van der Waals surface area contributed by atoms with Crippen molar-refractivity contribution in [1.82, 2.24) is 0 Å². The van der Waals surface area contributed by atoms with Gasteiger partial charge in [-0.05, 0) is 24.5 Å². The molecule has 0 aromatic heterocycles. The second-order valence-electron chi connectivity index (χ2n) is 4.12. The summed E-state index contributed by atoms with van der Waals surface area (Å²) < 4.78 is 0. The molecule has 1 atom stereocenters. The molecule has 0 spiro atoms. The van der Waals surface area contributed by atoms with Crippen LogP contribution in [0.25, 0.3) is 0 Å². The summed E-state index contributed by atoms with van der Waals surface area (Å²) in [5.74, 6) is -0.942. The number of nitrogens with zero attached hydrogens (tertiary/aromatic N) is 1. The number of hydrogen-bond donors (Lipinski definition) is 2. The van der Waals surface area contributed by atoms with E-state index >= 15 is 0 Å². The van der Waals surface area contributed by atoms with Crippen molar-refractivity contribution < 1.29 is 9.90 Å². The van der Waals surface area contributed by atoms with E-state index in [1.54, 1.807) is 0 Å². The summed E-state index contributed by atoms with van der Waals surface area (Å²) in [6.07, 6.45) is 2.12. The van der Waals surface area contributed by atoms with Crippen molar-refractivity contribution in [2.75, 3.05) is 18.0 Å². The molecule has 1 aromatic carbocycles. The smallest absolute Gasteiger partial charge is 0.322 e. The van der Waals surface area contributed by atoms with E-state index in [0.717, 1.165) is 25.1 Å². The lowest BCUT2D eigenvalue weighted by Gasteiger charge is -2.32. The molecule has 0 aliphatic carbocycles. The first-order valence-electron chi connectivity index (χ1n) is 5.49. The van der Waals surface area contributed by atoms with E-state index in [-0.39, 0.29) is 0 Å². The standard InChI is InChI=1S/C12H16N2O2/c13-10(12(15)16)8-14-7-3-5-9-4-1-2-6-11(9)14/h1-2,4,6,10H,3,5,7-8,13H2,(H,15,16)/t10-/m1/s1. The fourth-order valence-electron chi connectivity index (χ4n) is 2.12. The zero-order chi connectivity index (χ0) is 11.5. The maximum Gasteiger partial charge on any atom is 0.322 e. The minimum atomic E-state index is -0.942. The molecule has 1 aromatic rings. The summed E-state index contributed by atoms with van der Waals surface area (Å²) in [4.78, 5) is 12.8. The van der Waals surface area contributed by atoms with Crippen molar-refractivity contribution in [3.63, 3.8) is 0 Å². The van der Waals surface area contributed by atoms with Gasteiger partial charge in [-0.2, -0.15) is 0 Å². The molecule has 0 saturated carbocycles. The Labute approximate surface area is 94.7 Å². The van der Waals surface area contributed by atoms with E-state index in [2.05, 4.69) is 11.0 Å². The Morgan fingerprint density at radius 1 is 1.50 bits per heavy atom. The average molecular weight is 220 g/mol. The van der Waals surface area contributed by atoms with Gasteiger partial charge in [0.1, 0.15) is 6.04 Å². The number of hydrogen-bond acceptors (Lipinski definition) is 3. The Hall–Kier alpha value is -1.55. The van der Waals surface area contributed by atoms with Crippen molar-refractivity contribution in [3.05, 3.63) is 29.8 Å². The minimum absolute atomic E-state index is 0.381. The number of rotatable bonds is 3. The van der Waals surface area contributed by atoms with Crippen LogP contribution in [0.3, 0.4) is 0 Å². The van der Waals surface area contributed by atoms with Crippen molar-refractivity contribution in [2.24, 2.45) is 5.73 Å². The fourth-order valence-corrected chi connectivity index (χ4v) is 2.12. The third kappa shape index (κ3) is 2.17. The Balaban J connectivity index is 2.16. The maximum atomic E-state index is 10.7. The molecular formula is C12H16N2O2. The number of carbonyl (C=O) groups is 1. The summed E-state index contributed by atoms with van der Waals surface area (Å²) in [5, 5.41) is 8.81. The molecule has 3 N–H and O–H groups in total. The first-order valence-corrected chi connectivity index (χ1v) is 5.49. The van der Waals surface area contributed by atoms with Crippen LogP contribution < -0.4 is 10.6 Å². The third-order valence-electron chi connectivity index (χ3n) is 2.94. The van der Waals surface area contributed by atoms with Gasteiger partial charge < -0.3 is 15.7 Å². The summed E-state index contributed by atoms with van der Waals surface area (Å²) in [5.41, 5.74) is 7.98. The lowest BCUT2D eigenvalue weighted by molar-refractivity contribution is -0.138. The molecule has 0 radical (unpaired) electrons. The Morgan fingerprint density at radius 3 is 3.00 bits per heavy atom. The molecule has 1 heterocycles. The highest BCUT2D eigenvalue weighted by Gasteiger charge is 2.21. The van der Waals surface area contributed by atoms with Crippen LogP contribution in [0.4, 0.5) is 5.69 Å². The van der Waals surface area contributed by atoms with Gasteiger partial charge in [-0.15, -0.1) is 0 Å². The molecular weight excluding hydrogens is 204 g/mol. The molecule has 0 unspecified atom stereocenters. The van der Waals surface area contributed by atoms with Gasteiger partial charge in [0.15, 0.2) is 0 Å². The molecule has 86 valence electrons. The van der Waals surface area contributed by atoms with Crippen LogP contribution in [0.15, 0.2) is 24.3 Å². The van der Waals surface area contributed by atoms with Gasteiger partial charge in [0.25, 0.3) is 0 Å². The highest BCUT2D eigenvalue weighted by Crippen LogP contribution is 2.26. The number of aryl methyl sites for hydroxylation is 1. The largest absolute Gasteiger partial charge is 0.480 e. The molecule has 4 nitrogen and oxygen atoms in total. The zero-order valence-electron chi connectivity index (χ0n) is 9.10. The molecule has 0 bridgehead atoms. The van der Waals surface area contributed by atoms with E-state index in [9.17, 15) is 4.79 Å². The van der Waals surface area contributed by atoms with Gasteiger partial charge in [-0.25, -0.2) is 0 Å². The second-order valence-corrected chi connectivity index (χ2v) is 4.12. The summed E-state index contributed by atoms with van der Waals surface area (Å²) >= 11 is 0. The first kappa shape index (κ1) is 11.0. The van der Waals surface area contributed by atoms with E-state index in [0.29, 0.717) is 6.54 Å². The number of carboxylic acid groups (broad SMARTS) is 1. The lowest BCUT2D eigenvalue weighted by atomic mass is 10.0. The fraction of sp³-hybridized carbons (Fsp3) is 0.417. The lowest BCUT2D eigenvalue weighted by Crippen LogP contribution is -2.44. The predicted octanol–water partition coefficient (Wildman–Crippen LogP) is 0.851. The van der Waals surface area contributed by atoms with Gasteiger partial charge in [0, 0.05) is 18.8 Å². The normalized spacial score (nSPS) is 16.7. The van der Waals surface area contributed by atoms with Crippen LogP contribution in [-0.4, -0.2) is 30.2 Å². The molecule has 0 saturated heterocycles. The van der Waals surface area contributed by atoms with Gasteiger partial charge in [-0.3, -0.25) is 4.79 Å². The van der Waals surface area contributed by atoms with Crippen LogP contribution in [0.2, 0.25) is 0 Å². The highest BCUT2D eigenvalue weighted by molar-refractivity contribution is 5.74. The van der Waals surface area contributed by atoms with Crippen molar-refractivity contribution in [1.29, 1.82) is 0 Å². The Morgan fingerprint density at radius 2 is 2.25 bits per heavy atom. The second kappa shape index (κ2) is 4.53. The van der Waals surface area contributed by atoms with Crippen LogP contribution in [-0.2, 0) is 11.2 Å². The van der Waals surface area contributed by atoms with Gasteiger partial charge in [0.05, 0.1) is 0 Å². The number of para-hydroxylation sites is 1. The number of fused-ring (bicyclic) bond motifs is 1. The minimum Gasteiger partial charge on any atom is -0.480 e. The number of carboxylic acids is 1. The average Bonchev–Trinajstić information content (AvgIpc) is 2.29. The molecule has 1 aliphatic heterocycles. The Kier molecular flexibility index (Phi) is 3.10. The zero-order valence-corrected chi connectivity index (χ0v) is 9.10. The third-order valence-corrected chi connectivity index (χ3v) is 2.94. The van der Waals surface area contributed by atoms with Gasteiger partial charge >= 0.3 is 5.97 Å². The molecule has 0 fully saturated rings. The monoisotopic (exact) mass is 220 g/mol. The Bertz CT molecular complexity index is 392. The predicted molar refractivity (Wildman–Crippen MR) is 62.6 cm³/mol. The molecule has 1 aliphatic rings. The van der Waals surface area contributed by atoms with Gasteiger partial charge in [-0.1, -0.05) is 18.2 Å². The van der Waals surface area contributed by atoms with E-state index in [1.165, 1.54) is 5.56 Å². The maximum absolute atomic E-state index is 10.7. The number of nitrogens with two attached hydrogens (primary N) is 1. The number of anilines is 1. The van der Waals surface area contributed by atoms with E-state index in [1.807, 2.05) is 18.2 Å². The summed E-state index contributed by atoms with van der Waals surface area (Å²) in [6, 6.07) is 7.30. The van der Waals surface area contributed by atoms with Crippen LogP contribution in [0, 0.1) is 0 Å². The van der Waals surface area contributed by atoms with Crippen molar-refractivity contribution in [2.45, 2.75) is 18.9 Å². The van der Waals surface area contributed by atoms with E-state index in [4.69, 9.17) is 10.8 Å². The van der Waals surface area contributed by atoms with Gasteiger partial charge in [0.2, 0.25) is 0 Å². The quantitative estimate of drug-likeness (QED) is 0.792. The SMILES string of the molecule is N[C@H](CN1CCCc2ccccc21)C(=O)O. The number of aliphatic carboxylic acids is 1. The topological polar surface area (TPSA) is 66.6 Å². The van der Waals surface area contributed by atoms with Crippen LogP contribution in [0.5, 0.6) is 0 Å². The summed E-state index contributed by atoms with van der Waals surface area (Å²) in [6.45, 7) is 1.27. The van der Waals surface area contributed by atoms with Crippen LogP contribution in [0.1, 0.15) is 12.0 Å². The number of benzene rings is 1. The first-order chi connectivity index (χ1) is 7.68. The molecule has 16 heavy (non-hydrogen) atoms. The van der Waals surface area contributed by atoms with Crippen LogP contribution >= 0.6 is 0 Å². The summed E-state index contributed by atoms with van der Waals surface area (Å²) in [7, 11) is 0. The molecule has 0 amide bonds. The molecule has 2 rings (SSSR count). The molecule has 4 heteroatoms.